The van der Waals surface area contributed by atoms with Crippen LogP contribution in [0.15, 0.2) is 53.2 Å². The van der Waals surface area contributed by atoms with Gasteiger partial charge in [-0.25, -0.2) is 8.78 Å². The summed E-state index contributed by atoms with van der Waals surface area (Å²) in [7, 11) is 0. The number of hydrogen-bond donors (Lipinski definition) is 3. The molecule has 1 heterocycles. The number of carbonyl (C=O) groups excluding carboxylic acids is 1. The lowest BCUT2D eigenvalue weighted by Crippen LogP contribution is -2.48. The minimum atomic E-state index is -0.925. The van der Waals surface area contributed by atoms with Gasteiger partial charge in [0.05, 0.1) is 12.1 Å². The fourth-order valence-corrected chi connectivity index (χ4v) is 5.22. The number of rotatable bonds is 8. The van der Waals surface area contributed by atoms with Gasteiger partial charge in [0.25, 0.3) is 0 Å². The number of benzene rings is 2. The molecule has 0 unspecified atom stereocenters. The van der Waals surface area contributed by atoms with Crippen LogP contribution in [-0.2, 0) is 17.6 Å². The summed E-state index contributed by atoms with van der Waals surface area (Å²) in [6.45, 7) is 1.61. The number of fused-ring (bicyclic) bond motifs is 1. The SMILES string of the molecule is CC(=O)N[C@@H](Cc1cc(F)cc(F)c1)[C@H](O)CN[C@H]1CCCc2ccc(-c3ccsc3)cc21. The number of thiophene rings is 1. The van der Waals surface area contributed by atoms with E-state index in [1.165, 1.54) is 41.3 Å². The highest BCUT2D eigenvalue weighted by Gasteiger charge is 2.25. The number of aryl methyl sites for hydroxylation is 1. The van der Waals surface area contributed by atoms with Crippen molar-refractivity contribution in [3.8, 4) is 11.1 Å². The second-order valence-electron chi connectivity index (χ2n) is 8.63. The number of halogens is 2. The first-order valence-electron chi connectivity index (χ1n) is 11.2. The predicted octanol–water partition coefficient (Wildman–Crippen LogP) is 4.77. The monoisotopic (exact) mass is 470 g/mol. The summed E-state index contributed by atoms with van der Waals surface area (Å²) >= 11 is 1.67. The molecule has 1 aliphatic carbocycles. The fraction of sp³-hybridized carbons (Fsp3) is 0.346. The average Bonchev–Trinajstić information content (AvgIpc) is 3.30. The average molecular weight is 471 g/mol. The zero-order valence-electron chi connectivity index (χ0n) is 18.5. The summed E-state index contributed by atoms with van der Waals surface area (Å²) in [6, 6.07) is 11.3. The van der Waals surface area contributed by atoms with Crippen LogP contribution in [0.2, 0.25) is 0 Å². The molecule has 0 saturated carbocycles. The van der Waals surface area contributed by atoms with Crippen LogP contribution in [0, 0.1) is 11.6 Å². The molecule has 1 aliphatic rings. The first-order chi connectivity index (χ1) is 15.9. The quantitative estimate of drug-likeness (QED) is 0.445. The summed E-state index contributed by atoms with van der Waals surface area (Å²) in [5.41, 5.74) is 5.30. The lowest BCUT2D eigenvalue weighted by atomic mass is 9.85. The molecule has 7 heteroatoms. The van der Waals surface area contributed by atoms with Gasteiger partial charge in [-0.3, -0.25) is 4.79 Å². The maximum absolute atomic E-state index is 13.6. The Balaban J connectivity index is 1.47. The van der Waals surface area contributed by atoms with Crippen LogP contribution in [0.5, 0.6) is 0 Å². The zero-order valence-corrected chi connectivity index (χ0v) is 19.3. The highest BCUT2D eigenvalue weighted by atomic mass is 32.1. The van der Waals surface area contributed by atoms with Crippen molar-refractivity contribution >= 4 is 17.2 Å². The van der Waals surface area contributed by atoms with Crippen LogP contribution in [0.3, 0.4) is 0 Å². The van der Waals surface area contributed by atoms with Gasteiger partial charge in [-0.15, -0.1) is 0 Å². The van der Waals surface area contributed by atoms with E-state index in [0.29, 0.717) is 5.56 Å². The number of aliphatic hydroxyl groups excluding tert-OH is 1. The summed E-state index contributed by atoms with van der Waals surface area (Å²) in [4.78, 5) is 11.7. The Morgan fingerprint density at radius 3 is 2.64 bits per heavy atom. The molecule has 2 aromatic carbocycles. The van der Waals surface area contributed by atoms with E-state index in [9.17, 15) is 18.7 Å². The highest BCUT2D eigenvalue weighted by molar-refractivity contribution is 7.08. The van der Waals surface area contributed by atoms with Crippen LogP contribution in [0.1, 0.15) is 42.5 Å². The van der Waals surface area contributed by atoms with Gasteiger partial charge in [0, 0.05) is 25.6 Å². The maximum Gasteiger partial charge on any atom is 0.217 e. The van der Waals surface area contributed by atoms with Crippen LogP contribution < -0.4 is 10.6 Å². The Labute approximate surface area is 196 Å². The Morgan fingerprint density at radius 1 is 1.15 bits per heavy atom. The molecule has 0 radical (unpaired) electrons. The van der Waals surface area contributed by atoms with Gasteiger partial charge in [-0.2, -0.15) is 11.3 Å². The van der Waals surface area contributed by atoms with Gasteiger partial charge in [0.1, 0.15) is 11.6 Å². The van der Waals surface area contributed by atoms with Gasteiger partial charge in [0.2, 0.25) is 5.91 Å². The number of hydrogen-bond acceptors (Lipinski definition) is 4. The van der Waals surface area contributed by atoms with E-state index < -0.39 is 23.8 Å². The van der Waals surface area contributed by atoms with Gasteiger partial charge in [-0.1, -0.05) is 12.1 Å². The van der Waals surface area contributed by atoms with Crippen molar-refractivity contribution in [1.29, 1.82) is 0 Å². The minimum absolute atomic E-state index is 0.0894. The molecule has 1 amide bonds. The zero-order chi connectivity index (χ0) is 23.4. The van der Waals surface area contributed by atoms with Crippen molar-refractivity contribution in [1.82, 2.24) is 10.6 Å². The van der Waals surface area contributed by atoms with Gasteiger partial charge < -0.3 is 15.7 Å². The lowest BCUT2D eigenvalue weighted by Gasteiger charge is -2.30. The Hall–Kier alpha value is -2.61. The first kappa shape index (κ1) is 23.5. The summed E-state index contributed by atoms with van der Waals surface area (Å²) < 4.78 is 27.2. The molecule has 4 nitrogen and oxygen atoms in total. The molecular weight excluding hydrogens is 442 g/mol. The molecule has 3 atom stereocenters. The van der Waals surface area contributed by atoms with E-state index in [-0.39, 0.29) is 24.9 Å². The third-order valence-electron chi connectivity index (χ3n) is 6.12. The number of amides is 1. The largest absolute Gasteiger partial charge is 0.390 e. The standard InChI is InChI=1S/C26H28F2N2O2S/c1-16(31)30-25(11-17-9-21(27)13-22(28)10-17)26(32)14-29-24-4-2-3-18-5-6-19(12-23(18)24)20-7-8-33-15-20/h5-10,12-13,15,24-26,29,32H,2-4,11,14H2,1H3,(H,30,31)/t24-,25-,26+/m0/s1. The van der Waals surface area contributed by atoms with E-state index >= 15 is 0 Å². The van der Waals surface area contributed by atoms with Crippen LogP contribution in [0.25, 0.3) is 11.1 Å². The van der Waals surface area contributed by atoms with E-state index in [1.54, 1.807) is 11.3 Å². The normalized spacial score (nSPS) is 17.3. The van der Waals surface area contributed by atoms with Crippen LogP contribution >= 0.6 is 11.3 Å². The van der Waals surface area contributed by atoms with Crippen LogP contribution in [-0.4, -0.2) is 29.7 Å². The maximum atomic E-state index is 13.6. The Kier molecular flexibility index (Phi) is 7.53. The summed E-state index contributed by atoms with van der Waals surface area (Å²) in [6.07, 6.45) is 2.23. The molecule has 33 heavy (non-hydrogen) atoms. The minimum Gasteiger partial charge on any atom is -0.390 e. The molecule has 0 spiro atoms. The van der Waals surface area contributed by atoms with Gasteiger partial charge in [0.15, 0.2) is 0 Å². The molecular formula is C26H28F2N2O2S. The summed E-state index contributed by atoms with van der Waals surface area (Å²) in [5.74, 6) is -1.67. The van der Waals surface area contributed by atoms with Crippen molar-refractivity contribution in [3.63, 3.8) is 0 Å². The van der Waals surface area contributed by atoms with Crippen molar-refractivity contribution < 1.29 is 18.7 Å². The van der Waals surface area contributed by atoms with Crippen molar-refractivity contribution in [2.45, 2.75) is 50.8 Å². The lowest BCUT2D eigenvalue weighted by molar-refractivity contribution is -0.120. The molecule has 4 rings (SSSR count). The van der Waals surface area contributed by atoms with Gasteiger partial charge >= 0.3 is 0 Å². The van der Waals surface area contributed by atoms with E-state index in [0.717, 1.165) is 25.3 Å². The third-order valence-corrected chi connectivity index (χ3v) is 6.80. The number of aliphatic hydroxyl groups is 1. The van der Waals surface area contributed by atoms with E-state index in [2.05, 4.69) is 45.7 Å². The molecule has 3 aromatic rings. The molecule has 1 aromatic heterocycles. The summed E-state index contributed by atoms with van der Waals surface area (Å²) in [5, 5.41) is 21.3. The topological polar surface area (TPSA) is 61.4 Å². The third kappa shape index (κ3) is 6.05. The second kappa shape index (κ2) is 10.5. The van der Waals surface area contributed by atoms with Gasteiger partial charge in [-0.05, 0) is 88.5 Å². The van der Waals surface area contributed by atoms with Crippen LogP contribution in [0.4, 0.5) is 8.78 Å². The Morgan fingerprint density at radius 2 is 1.94 bits per heavy atom. The fourth-order valence-electron chi connectivity index (χ4n) is 4.55. The smallest absolute Gasteiger partial charge is 0.217 e. The van der Waals surface area contributed by atoms with E-state index in [1.807, 2.05) is 0 Å². The highest BCUT2D eigenvalue weighted by Crippen LogP contribution is 2.34. The molecule has 174 valence electrons. The first-order valence-corrected chi connectivity index (χ1v) is 12.1. The number of nitrogens with one attached hydrogen (secondary N) is 2. The van der Waals surface area contributed by atoms with Crippen molar-refractivity contribution in [2.24, 2.45) is 0 Å². The molecule has 0 bridgehead atoms. The van der Waals surface area contributed by atoms with Crippen molar-refractivity contribution in [3.05, 3.63) is 81.5 Å². The molecule has 0 fully saturated rings. The predicted molar refractivity (Wildman–Crippen MR) is 127 cm³/mol. The molecule has 0 saturated heterocycles. The molecule has 3 N–H and O–H groups in total. The second-order valence-corrected chi connectivity index (χ2v) is 9.41. The number of carbonyl (C=O) groups is 1. The Bertz CT molecular complexity index is 1080. The van der Waals surface area contributed by atoms with Crippen molar-refractivity contribution in [2.75, 3.05) is 6.54 Å². The molecule has 0 aliphatic heterocycles. The van der Waals surface area contributed by atoms with E-state index in [4.69, 9.17) is 0 Å².